The molecule has 0 fully saturated rings. The topological polar surface area (TPSA) is 92.8 Å². The first-order valence-electron chi connectivity index (χ1n) is 10.2. The lowest BCUT2D eigenvalue weighted by Crippen LogP contribution is -2.48. The minimum atomic E-state index is -0.629. The maximum Gasteiger partial charge on any atom is 0.243 e. The van der Waals surface area contributed by atoms with Crippen LogP contribution >= 0.6 is 21.6 Å². The van der Waals surface area contributed by atoms with Crippen molar-refractivity contribution in [2.24, 2.45) is 0 Å². The summed E-state index contributed by atoms with van der Waals surface area (Å²) in [5.74, 6) is 2.30. The molecule has 172 valence electrons. The number of hydrogen-bond donors (Lipinski definition) is 2. The molecule has 0 saturated heterocycles. The molecule has 0 aliphatic carbocycles. The molecule has 1 unspecified atom stereocenters. The summed E-state index contributed by atoms with van der Waals surface area (Å²) in [6, 6.07) is 8.49. The summed E-state index contributed by atoms with van der Waals surface area (Å²) >= 11 is 0. The van der Waals surface area contributed by atoms with Crippen molar-refractivity contribution in [3.63, 3.8) is 0 Å². The molecule has 1 aromatic carbocycles. The predicted octanol–water partition coefficient (Wildman–Crippen LogP) is 2.10. The highest BCUT2D eigenvalue weighted by molar-refractivity contribution is 8.76. The molecule has 0 bridgehead atoms. The van der Waals surface area contributed by atoms with Crippen LogP contribution in [0.15, 0.2) is 42.7 Å². The van der Waals surface area contributed by atoms with E-state index in [1.807, 2.05) is 32.3 Å². The maximum atomic E-state index is 12.8. The molecule has 8 nitrogen and oxygen atoms in total. The number of fused-ring (bicyclic) bond motifs is 1. The molecule has 1 aliphatic heterocycles. The van der Waals surface area contributed by atoms with Gasteiger partial charge in [-0.2, -0.15) is 0 Å². The Hall–Kier alpha value is -2.43. The summed E-state index contributed by atoms with van der Waals surface area (Å²) in [5, 5.41) is 5.80. The number of pyridine rings is 1. The van der Waals surface area contributed by atoms with Crippen molar-refractivity contribution in [3.8, 4) is 11.5 Å². The molecule has 0 radical (unpaired) electrons. The lowest BCUT2D eigenvalue weighted by Gasteiger charge is -2.18. The standard InChI is InChI=1S/C22H28N4O4S2/c1-26(2)9-10-31-32-14-18(22(28)24-13-16-5-7-23-8-6-16)25-21(27)12-17-3-4-19-20(11-17)30-15-29-19/h3-8,11,18H,9-10,12-15H2,1-2H3,(H,24,28)(H,25,27). The van der Waals surface area contributed by atoms with E-state index in [0.29, 0.717) is 23.8 Å². The quantitative estimate of drug-likeness (QED) is 0.355. The lowest BCUT2D eigenvalue weighted by atomic mass is 10.1. The number of carbonyl (C=O) groups is 2. The number of amides is 2. The third kappa shape index (κ3) is 7.92. The fourth-order valence-electron chi connectivity index (χ4n) is 2.87. The second-order valence-corrected chi connectivity index (χ2v) is 10.1. The van der Waals surface area contributed by atoms with E-state index in [1.165, 1.54) is 0 Å². The second-order valence-electron chi connectivity index (χ2n) is 7.47. The van der Waals surface area contributed by atoms with E-state index in [4.69, 9.17) is 9.47 Å². The van der Waals surface area contributed by atoms with Gasteiger partial charge in [0.2, 0.25) is 18.6 Å². The van der Waals surface area contributed by atoms with E-state index in [2.05, 4.69) is 20.5 Å². The molecule has 1 aromatic heterocycles. The monoisotopic (exact) mass is 476 g/mol. The van der Waals surface area contributed by atoms with Crippen LogP contribution in [0.5, 0.6) is 11.5 Å². The Morgan fingerprint density at radius 3 is 2.66 bits per heavy atom. The van der Waals surface area contributed by atoms with Crippen molar-refractivity contribution in [2.75, 3.05) is 38.9 Å². The Morgan fingerprint density at radius 1 is 1.09 bits per heavy atom. The number of nitrogens with zero attached hydrogens (tertiary/aromatic N) is 2. The zero-order valence-electron chi connectivity index (χ0n) is 18.2. The van der Waals surface area contributed by atoms with Gasteiger partial charge in [0, 0.05) is 37.0 Å². The molecule has 2 aromatic rings. The number of benzene rings is 1. The van der Waals surface area contributed by atoms with E-state index in [9.17, 15) is 9.59 Å². The molecule has 1 atom stereocenters. The summed E-state index contributed by atoms with van der Waals surface area (Å²) in [5.41, 5.74) is 1.75. The molecule has 2 heterocycles. The van der Waals surface area contributed by atoms with Crippen LogP contribution in [-0.2, 0) is 22.6 Å². The van der Waals surface area contributed by atoms with Crippen molar-refractivity contribution < 1.29 is 19.1 Å². The first-order chi connectivity index (χ1) is 15.5. The first-order valence-corrected chi connectivity index (χ1v) is 12.7. The Morgan fingerprint density at radius 2 is 1.88 bits per heavy atom. The van der Waals surface area contributed by atoms with Crippen LogP contribution in [0, 0.1) is 0 Å². The fraction of sp³-hybridized carbons (Fsp3) is 0.409. The van der Waals surface area contributed by atoms with Gasteiger partial charge in [0.1, 0.15) is 6.04 Å². The van der Waals surface area contributed by atoms with Crippen molar-refractivity contribution in [2.45, 2.75) is 19.0 Å². The van der Waals surface area contributed by atoms with Crippen LogP contribution in [0.3, 0.4) is 0 Å². The SMILES string of the molecule is CN(C)CCSSCC(NC(=O)Cc1ccc2c(c1)OCO2)C(=O)NCc1ccncc1. The Bertz CT molecular complexity index is 899. The normalized spacial score (nSPS) is 13.1. The van der Waals surface area contributed by atoms with Crippen LogP contribution in [0.2, 0.25) is 0 Å². The van der Waals surface area contributed by atoms with Crippen molar-refractivity contribution in [3.05, 3.63) is 53.9 Å². The molecular weight excluding hydrogens is 448 g/mol. The molecule has 32 heavy (non-hydrogen) atoms. The van der Waals surface area contributed by atoms with Gasteiger partial charge in [-0.25, -0.2) is 0 Å². The number of nitrogens with one attached hydrogen (secondary N) is 2. The van der Waals surface area contributed by atoms with Gasteiger partial charge in [-0.05, 0) is 49.5 Å². The van der Waals surface area contributed by atoms with Crippen LogP contribution < -0.4 is 20.1 Å². The van der Waals surface area contributed by atoms with Gasteiger partial charge in [0.25, 0.3) is 0 Å². The maximum absolute atomic E-state index is 12.8. The predicted molar refractivity (Wildman–Crippen MR) is 128 cm³/mol. The van der Waals surface area contributed by atoms with Crippen molar-refractivity contribution in [1.82, 2.24) is 20.5 Å². The molecular formula is C22H28N4O4S2. The Balaban J connectivity index is 1.54. The lowest BCUT2D eigenvalue weighted by molar-refractivity contribution is -0.128. The molecule has 2 amide bonds. The average molecular weight is 477 g/mol. The van der Waals surface area contributed by atoms with Crippen LogP contribution in [0.25, 0.3) is 0 Å². The highest BCUT2D eigenvalue weighted by atomic mass is 33.1. The van der Waals surface area contributed by atoms with E-state index in [0.717, 1.165) is 23.4 Å². The molecule has 0 spiro atoms. The highest BCUT2D eigenvalue weighted by Crippen LogP contribution is 2.32. The average Bonchev–Trinajstić information content (AvgIpc) is 3.25. The molecule has 10 heteroatoms. The van der Waals surface area contributed by atoms with Crippen LogP contribution in [0.4, 0.5) is 0 Å². The first kappa shape index (κ1) is 24.2. The fourth-order valence-corrected chi connectivity index (χ4v) is 5.17. The van der Waals surface area contributed by atoms with E-state index in [-0.39, 0.29) is 25.0 Å². The molecule has 3 rings (SSSR count). The number of hydrogen-bond acceptors (Lipinski definition) is 8. The molecule has 0 saturated carbocycles. The summed E-state index contributed by atoms with van der Waals surface area (Å²) < 4.78 is 10.7. The molecule has 2 N–H and O–H groups in total. The highest BCUT2D eigenvalue weighted by Gasteiger charge is 2.22. The zero-order chi connectivity index (χ0) is 22.8. The number of rotatable bonds is 12. The summed E-state index contributed by atoms with van der Waals surface area (Å²) in [6.07, 6.45) is 3.52. The van der Waals surface area contributed by atoms with Gasteiger partial charge >= 0.3 is 0 Å². The molecule has 1 aliphatic rings. The van der Waals surface area contributed by atoms with E-state index >= 15 is 0 Å². The third-order valence-corrected chi connectivity index (χ3v) is 7.00. The van der Waals surface area contributed by atoms with Crippen molar-refractivity contribution >= 4 is 33.4 Å². The van der Waals surface area contributed by atoms with Gasteiger partial charge in [0.15, 0.2) is 11.5 Å². The number of ether oxygens (including phenoxy) is 2. The van der Waals surface area contributed by atoms with Gasteiger partial charge in [-0.15, -0.1) is 0 Å². The minimum absolute atomic E-state index is 0.156. The minimum Gasteiger partial charge on any atom is -0.454 e. The van der Waals surface area contributed by atoms with Gasteiger partial charge < -0.3 is 25.0 Å². The van der Waals surface area contributed by atoms with Crippen LogP contribution in [0.1, 0.15) is 11.1 Å². The Labute approximate surface area is 196 Å². The van der Waals surface area contributed by atoms with Crippen LogP contribution in [-0.4, -0.2) is 66.7 Å². The number of carbonyl (C=O) groups excluding carboxylic acids is 2. The zero-order valence-corrected chi connectivity index (χ0v) is 19.8. The van der Waals surface area contributed by atoms with E-state index < -0.39 is 6.04 Å². The van der Waals surface area contributed by atoms with Gasteiger partial charge in [-0.3, -0.25) is 14.6 Å². The summed E-state index contributed by atoms with van der Waals surface area (Å²) in [6.45, 7) is 1.52. The van der Waals surface area contributed by atoms with Crippen molar-refractivity contribution in [1.29, 1.82) is 0 Å². The largest absolute Gasteiger partial charge is 0.454 e. The second kappa shape index (κ2) is 12.6. The smallest absolute Gasteiger partial charge is 0.243 e. The van der Waals surface area contributed by atoms with Gasteiger partial charge in [0.05, 0.1) is 6.42 Å². The van der Waals surface area contributed by atoms with Gasteiger partial charge in [-0.1, -0.05) is 27.7 Å². The third-order valence-electron chi connectivity index (χ3n) is 4.61. The summed E-state index contributed by atoms with van der Waals surface area (Å²) in [7, 11) is 7.33. The number of aromatic nitrogens is 1. The Kier molecular flexibility index (Phi) is 9.51. The summed E-state index contributed by atoms with van der Waals surface area (Å²) in [4.78, 5) is 31.6. The van der Waals surface area contributed by atoms with E-state index in [1.54, 1.807) is 46.1 Å².